The molecule has 28 heavy (non-hydrogen) atoms. The Labute approximate surface area is 175 Å². The number of carbonyl (C=O) groups excluding carboxylic acids is 1. The minimum absolute atomic E-state index is 0. The van der Waals surface area contributed by atoms with Crippen molar-refractivity contribution in [3.8, 4) is 0 Å². The first-order valence-electron chi connectivity index (χ1n) is 10.0. The van der Waals surface area contributed by atoms with Gasteiger partial charge in [-0.05, 0) is 63.7 Å². The van der Waals surface area contributed by atoms with Crippen LogP contribution >= 0.6 is 12.4 Å². The van der Waals surface area contributed by atoms with Crippen molar-refractivity contribution < 1.29 is 13.2 Å². The monoisotopic (exact) mass is 429 g/mol. The Hall–Kier alpha value is -1.15. The van der Waals surface area contributed by atoms with Gasteiger partial charge in [0.1, 0.15) is 0 Å². The van der Waals surface area contributed by atoms with Crippen molar-refractivity contribution in [1.29, 1.82) is 0 Å². The van der Waals surface area contributed by atoms with Crippen molar-refractivity contribution in [2.75, 3.05) is 39.8 Å². The number of nitrogens with one attached hydrogen (secondary N) is 1. The summed E-state index contributed by atoms with van der Waals surface area (Å²) in [5.74, 6) is 0.601. The summed E-state index contributed by atoms with van der Waals surface area (Å²) < 4.78 is 27.2. The first-order chi connectivity index (χ1) is 13.0. The van der Waals surface area contributed by atoms with Crippen LogP contribution in [0.3, 0.4) is 0 Å². The van der Waals surface area contributed by atoms with Crippen molar-refractivity contribution >= 4 is 28.3 Å². The Morgan fingerprint density at radius 1 is 1.11 bits per heavy atom. The number of piperidine rings is 2. The first kappa shape index (κ1) is 23.1. The molecular weight excluding hydrogens is 398 g/mol. The van der Waals surface area contributed by atoms with E-state index in [1.165, 1.54) is 4.31 Å². The molecule has 2 fully saturated rings. The third kappa shape index (κ3) is 5.47. The van der Waals surface area contributed by atoms with E-state index in [4.69, 9.17) is 0 Å². The predicted molar refractivity (Wildman–Crippen MR) is 113 cm³/mol. The maximum atomic E-state index is 13.0. The number of nitrogens with zero attached hydrogens (tertiary/aromatic N) is 2. The molecule has 0 spiro atoms. The van der Waals surface area contributed by atoms with E-state index in [0.717, 1.165) is 51.7 Å². The maximum absolute atomic E-state index is 13.0. The number of likely N-dealkylation sites (tertiary alicyclic amines) is 1. The maximum Gasteiger partial charge on any atom is 0.243 e. The Bertz CT molecular complexity index is 721. The highest BCUT2D eigenvalue weighted by atomic mass is 35.5. The SMILES string of the molecule is CNCCC1CCN(C(=O)C2CCCN(S(=O)(=O)c3ccccc3)C2)CC1.Cl. The van der Waals surface area contributed by atoms with E-state index in [1.54, 1.807) is 24.3 Å². The zero-order chi connectivity index (χ0) is 19.3. The topological polar surface area (TPSA) is 69.7 Å². The van der Waals surface area contributed by atoms with E-state index >= 15 is 0 Å². The largest absolute Gasteiger partial charge is 0.342 e. The number of hydrogen-bond acceptors (Lipinski definition) is 4. The smallest absolute Gasteiger partial charge is 0.243 e. The number of carbonyl (C=O) groups is 1. The zero-order valence-electron chi connectivity index (χ0n) is 16.5. The van der Waals surface area contributed by atoms with Gasteiger partial charge in [-0.15, -0.1) is 12.4 Å². The van der Waals surface area contributed by atoms with Gasteiger partial charge in [-0.1, -0.05) is 18.2 Å². The third-order valence-electron chi connectivity index (χ3n) is 5.84. The molecule has 1 amide bonds. The molecule has 0 aliphatic carbocycles. The van der Waals surface area contributed by atoms with Crippen LogP contribution in [-0.2, 0) is 14.8 Å². The van der Waals surface area contributed by atoms with E-state index in [1.807, 2.05) is 18.0 Å². The van der Waals surface area contributed by atoms with Crippen molar-refractivity contribution in [2.24, 2.45) is 11.8 Å². The van der Waals surface area contributed by atoms with Gasteiger partial charge in [0, 0.05) is 26.2 Å². The van der Waals surface area contributed by atoms with Crippen LogP contribution in [0.1, 0.15) is 32.1 Å². The molecule has 2 aliphatic heterocycles. The van der Waals surface area contributed by atoms with Crippen LogP contribution in [0.2, 0.25) is 0 Å². The molecular formula is C20H32ClN3O3S. The number of halogens is 1. The lowest BCUT2D eigenvalue weighted by atomic mass is 9.91. The summed E-state index contributed by atoms with van der Waals surface area (Å²) in [5.41, 5.74) is 0. The Morgan fingerprint density at radius 2 is 1.79 bits per heavy atom. The molecule has 8 heteroatoms. The summed E-state index contributed by atoms with van der Waals surface area (Å²) in [7, 11) is -1.55. The lowest BCUT2D eigenvalue weighted by Crippen LogP contribution is -2.48. The molecule has 6 nitrogen and oxygen atoms in total. The molecule has 2 heterocycles. The Morgan fingerprint density at radius 3 is 2.43 bits per heavy atom. The van der Waals surface area contributed by atoms with E-state index in [-0.39, 0.29) is 24.2 Å². The fourth-order valence-corrected chi connectivity index (χ4v) is 5.70. The van der Waals surface area contributed by atoms with Crippen LogP contribution in [0.4, 0.5) is 0 Å². The summed E-state index contributed by atoms with van der Waals surface area (Å²) in [6.07, 6.45) is 4.77. The molecule has 1 aromatic rings. The van der Waals surface area contributed by atoms with Crippen LogP contribution in [0.25, 0.3) is 0 Å². The number of rotatable bonds is 6. The highest BCUT2D eigenvalue weighted by Gasteiger charge is 2.35. The van der Waals surface area contributed by atoms with Crippen molar-refractivity contribution in [2.45, 2.75) is 37.0 Å². The standard InChI is InChI=1S/C20H31N3O3S.ClH/c1-21-12-9-17-10-14-22(15-11-17)20(24)18-6-5-13-23(16-18)27(25,26)19-7-3-2-4-8-19;/h2-4,7-8,17-18,21H,5-6,9-16H2,1H3;1H. The van der Waals surface area contributed by atoms with Crippen molar-refractivity contribution in [3.63, 3.8) is 0 Å². The van der Waals surface area contributed by atoms with Gasteiger partial charge >= 0.3 is 0 Å². The van der Waals surface area contributed by atoms with Crippen LogP contribution < -0.4 is 5.32 Å². The molecule has 1 atom stereocenters. The fourth-order valence-electron chi connectivity index (χ4n) is 4.15. The molecule has 1 N–H and O–H groups in total. The second-order valence-electron chi connectivity index (χ2n) is 7.68. The summed E-state index contributed by atoms with van der Waals surface area (Å²) in [6, 6.07) is 8.52. The van der Waals surface area contributed by atoms with Gasteiger partial charge in [0.2, 0.25) is 15.9 Å². The van der Waals surface area contributed by atoms with Crippen LogP contribution in [-0.4, -0.2) is 63.3 Å². The number of sulfonamides is 1. The highest BCUT2D eigenvalue weighted by molar-refractivity contribution is 7.89. The van der Waals surface area contributed by atoms with Crippen LogP contribution in [0, 0.1) is 11.8 Å². The van der Waals surface area contributed by atoms with Gasteiger partial charge < -0.3 is 10.2 Å². The second kappa shape index (κ2) is 10.6. The average Bonchev–Trinajstić information content (AvgIpc) is 2.73. The van der Waals surface area contributed by atoms with Crippen LogP contribution in [0.5, 0.6) is 0 Å². The first-order valence-corrected chi connectivity index (χ1v) is 11.4. The van der Waals surface area contributed by atoms with Crippen molar-refractivity contribution in [1.82, 2.24) is 14.5 Å². The lowest BCUT2D eigenvalue weighted by molar-refractivity contribution is -0.138. The minimum Gasteiger partial charge on any atom is -0.342 e. The quantitative estimate of drug-likeness (QED) is 0.753. The van der Waals surface area contributed by atoms with E-state index in [2.05, 4.69) is 5.32 Å². The van der Waals surface area contributed by atoms with Gasteiger partial charge in [0.25, 0.3) is 0 Å². The van der Waals surface area contributed by atoms with E-state index < -0.39 is 10.0 Å². The van der Waals surface area contributed by atoms with E-state index in [9.17, 15) is 13.2 Å². The highest BCUT2D eigenvalue weighted by Crippen LogP contribution is 2.27. The molecule has 1 aromatic carbocycles. The van der Waals surface area contributed by atoms with E-state index in [0.29, 0.717) is 23.9 Å². The van der Waals surface area contributed by atoms with Crippen molar-refractivity contribution in [3.05, 3.63) is 30.3 Å². The zero-order valence-corrected chi connectivity index (χ0v) is 18.2. The number of amides is 1. The fraction of sp³-hybridized carbons (Fsp3) is 0.650. The molecule has 158 valence electrons. The Kier molecular flexibility index (Phi) is 8.74. The number of benzene rings is 1. The van der Waals surface area contributed by atoms with Gasteiger partial charge in [-0.25, -0.2) is 8.42 Å². The normalized spacial score (nSPS) is 21.9. The molecule has 0 bridgehead atoms. The molecule has 0 aromatic heterocycles. The molecule has 3 rings (SSSR count). The molecule has 2 saturated heterocycles. The minimum atomic E-state index is -3.52. The molecule has 0 radical (unpaired) electrons. The average molecular weight is 430 g/mol. The second-order valence-corrected chi connectivity index (χ2v) is 9.61. The van der Waals surface area contributed by atoms with Gasteiger partial charge in [0.15, 0.2) is 0 Å². The molecule has 0 saturated carbocycles. The number of hydrogen-bond donors (Lipinski definition) is 1. The molecule has 1 unspecified atom stereocenters. The Balaban J connectivity index is 0.00000280. The summed E-state index contributed by atoms with van der Waals surface area (Å²) in [5, 5.41) is 3.19. The van der Waals surface area contributed by atoms with Gasteiger partial charge in [-0.3, -0.25) is 4.79 Å². The van der Waals surface area contributed by atoms with Gasteiger partial charge in [-0.2, -0.15) is 4.31 Å². The predicted octanol–water partition coefficient (Wildman–Crippen LogP) is 2.36. The van der Waals surface area contributed by atoms with Gasteiger partial charge in [0.05, 0.1) is 10.8 Å². The lowest BCUT2D eigenvalue weighted by Gasteiger charge is -2.37. The summed E-state index contributed by atoms with van der Waals surface area (Å²) >= 11 is 0. The third-order valence-corrected chi connectivity index (χ3v) is 7.72. The summed E-state index contributed by atoms with van der Waals surface area (Å²) in [4.78, 5) is 15.2. The van der Waals surface area contributed by atoms with Crippen LogP contribution in [0.15, 0.2) is 35.2 Å². The summed E-state index contributed by atoms with van der Waals surface area (Å²) in [6.45, 7) is 3.42. The molecule has 2 aliphatic rings.